The first kappa shape index (κ1) is 17.0. The number of nitrogens with one attached hydrogen (secondary N) is 1. The topological polar surface area (TPSA) is 58.6 Å². The molecule has 0 radical (unpaired) electrons. The molecule has 25 heavy (non-hydrogen) atoms. The van der Waals surface area contributed by atoms with Crippen LogP contribution >= 0.6 is 0 Å². The third kappa shape index (κ3) is 4.18. The van der Waals surface area contributed by atoms with E-state index < -0.39 is 0 Å². The second-order valence-electron chi connectivity index (χ2n) is 6.31. The van der Waals surface area contributed by atoms with Crippen LogP contribution in [0.2, 0.25) is 0 Å². The molecule has 0 saturated carbocycles. The van der Waals surface area contributed by atoms with Crippen LogP contribution in [0.5, 0.6) is 5.75 Å². The van der Waals surface area contributed by atoms with Crippen LogP contribution in [0.3, 0.4) is 0 Å². The summed E-state index contributed by atoms with van der Waals surface area (Å²) in [7, 11) is 1.77. The fourth-order valence-electron chi connectivity index (χ4n) is 2.84. The maximum atomic E-state index is 12.6. The van der Waals surface area contributed by atoms with Gasteiger partial charge in [-0.05, 0) is 54.8 Å². The Labute approximate surface area is 147 Å². The lowest BCUT2D eigenvalue weighted by atomic mass is 10.00. The number of amides is 2. The number of hydrogen-bond donors (Lipinski definition) is 1. The second-order valence-corrected chi connectivity index (χ2v) is 6.31. The first-order valence-corrected chi connectivity index (χ1v) is 8.40. The van der Waals surface area contributed by atoms with Crippen LogP contribution in [0, 0.1) is 6.92 Å². The lowest BCUT2D eigenvalue weighted by Crippen LogP contribution is -2.31. The van der Waals surface area contributed by atoms with E-state index in [1.165, 1.54) is 0 Å². The molecule has 5 heteroatoms. The molecule has 2 amide bonds. The highest BCUT2D eigenvalue weighted by atomic mass is 16.5. The van der Waals surface area contributed by atoms with Gasteiger partial charge in [0.1, 0.15) is 12.4 Å². The number of carbonyl (C=O) groups is 2. The van der Waals surface area contributed by atoms with Gasteiger partial charge in [-0.25, -0.2) is 0 Å². The minimum Gasteiger partial charge on any atom is -0.492 e. The number of rotatable bonds is 5. The summed E-state index contributed by atoms with van der Waals surface area (Å²) < 4.78 is 5.70. The van der Waals surface area contributed by atoms with Crippen LogP contribution in [0.15, 0.2) is 42.5 Å². The van der Waals surface area contributed by atoms with Gasteiger partial charge in [-0.3, -0.25) is 9.59 Å². The molecule has 0 aromatic heterocycles. The molecule has 5 nitrogen and oxygen atoms in total. The fraction of sp³-hybridized carbons (Fsp3) is 0.300. The molecule has 0 spiro atoms. The molecule has 1 N–H and O–H groups in total. The van der Waals surface area contributed by atoms with Gasteiger partial charge in [0.15, 0.2) is 0 Å². The van der Waals surface area contributed by atoms with E-state index in [0.717, 1.165) is 22.6 Å². The normalized spacial score (nSPS) is 13.0. The third-order valence-electron chi connectivity index (χ3n) is 4.28. The zero-order chi connectivity index (χ0) is 17.8. The maximum Gasteiger partial charge on any atom is 0.253 e. The summed E-state index contributed by atoms with van der Waals surface area (Å²) in [6, 6.07) is 13.3. The van der Waals surface area contributed by atoms with E-state index in [0.29, 0.717) is 31.6 Å². The molecule has 1 aliphatic heterocycles. The lowest BCUT2D eigenvalue weighted by Gasteiger charge is -2.20. The molecular formula is C20H22N2O3. The third-order valence-corrected chi connectivity index (χ3v) is 4.28. The number of benzene rings is 2. The Morgan fingerprint density at radius 3 is 2.84 bits per heavy atom. The molecule has 0 bridgehead atoms. The molecule has 1 aliphatic rings. The molecule has 2 aromatic rings. The monoisotopic (exact) mass is 338 g/mol. The number of ether oxygens (including phenoxy) is 1. The van der Waals surface area contributed by atoms with E-state index in [2.05, 4.69) is 5.32 Å². The van der Waals surface area contributed by atoms with Crippen molar-refractivity contribution < 1.29 is 14.3 Å². The Kier molecular flexibility index (Phi) is 5.03. The second kappa shape index (κ2) is 7.38. The summed E-state index contributed by atoms with van der Waals surface area (Å²) in [5.74, 6) is 0.787. The average molecular weight is 338 g/mol. The maximum absolute atomic E-state index is 12.6. The zero-order valence-electron chi connectivity index (χ0n) is 14.5. The smallest absolute Gasteiger partial charge is 0.253 e. The number of fused-ring (bicyclic) bond motifs is 1. The van der Waals surface area contributed by atoms with Gasteiger partial charge in [0.2, 0.25) is 5.91 Å². The molecule has 0 aliphatic carbocycles. The number of nitrogens with zero attached hydrogens (tertiary/aromatic N) is 1. The minimum absolute atomic E-state index is 0.0250. The van der Waals surface area contributed by atoms with Gasteiger partial charge in [-0.1, -0.05) is 12.1 Å². The predicted molar refractivity (Wildman–Crippen MR) is 97.0 cm³/mol. The van der Waals surface area contributed by atoms with Crippen molar-refractivity contribution in [3.8, 4) is 5.75 Å². The van der Waals surface area contributed by atoms with Crippen molar-refractivity contribution in [3.05, 3.63) is 59.2 Å². The van der Waals surface area contributed by atoms with Crippen molar-refractivity contribution >= 4 is 17.5 Å². The van der Waals surface area contributed by atoms with Gasteiger partial charge in [0.25, 0.3) is 5.91 Å². The lowest BCUT2D eigenvalue weighted by molar-refractivity contribution is -0.116. The molecule has 3 rings (SSSR count). The number of carbonyl (C=O) groups excluding carboxylic acids is 2. The van der Waals surface area contributed by atoms with Gasteiger partial charge < -0.3 is 15.0 Å². The largest absolute Gasteiger partial charge is 0.492 e. The Bertz CT molecular complexity index is 801. The van der Waals surface area contributed by atoms with Crippen LogP contribution in [-0.4, -0.2) is 36.9 Å². The summed E-state index contributed by atoms with van der Waals surface area (Å²) in [6.45, 7) is 2.95. The number of likely N-dealkylation sites (N-methyl/N-ethyl adjacent to an activating group) is 1. The molecule has 130 valence electrons. The predicted octanol–water partition coefficient (Wildman–Crippen LogP) is 3.03. The van der Waals surface area contributed by atoms with Crippen LogP contribution in [0.25, 0.3) is 0 Å². The van der Waals surface area contributed by atoms with Crippen molar-refractivity contribution in [1.82, 2.24) is 4.90 Å². The summed E-state index contributed by atoms with van der Waals surface area (Å²) in [5, 5.41) is 2.83. The first-order valence-electron chi connectivity index (χ1n) is 8.40. The van der Waals surface area contributed by atoms with Gasteiger partial charge in [0, 0.05) is 24.7 Å². The van der Waals surface area contributed by atoms with E-state index >= 15 is 0 Å². The highest BCUT2D eigenvalue weighted by molar-refractivity contribution is 5.97. The average Bonchev–Trinajstić information content (AvgIpc) is 2.60. The summed E-state index contributed by atoms with van der Waals surface area (Å²) in [5.41, 5.74) is 3.59. The van der Waals surface area contributed by atoms with E-state index in [4.69, 9.17) is 4.74 Å². The quantitative estimate of drug-likeness (QED) is 0.912. The Morgan fingerprint density at radius 1 is 1.20 bits per heavy atom. The van der Waals surface area contributed by atoms with Gasteiger partial charge in [-0.15, -0.1) is 0 Å². The number of aryl methyl sites for hydroxylation is 2. The van der Waals surface area contributed by atoms with E-state index in [9.17, 15) is 9.59 Å². The molecule has 0 atom stereocenters. The van der Waals surface area contributed by atoms with Crippen molar-refractivity contribution in [1.29, 1.82) is 0 Å². The fourth-order valence-corrected chi connectivity index (χ4v) is 2.84. The highest BCUT2D eigenvalue weighted by Crippen LogP contribution is 2.24. The Balaban J connectivity index is 1.58. The van der Waals surface area contributed by atoms with Gasteiger partial charge >= 0.3 is 0 Å². The van der Waals surface area contributed by atoms with Crippen molar-refractivity contribution in [2.75, 3.05) is 25.5 Å². The first-order chi connectivity index (χ1) is 12.0. The molecule has 2 aromatic carbocycles. The van der Waals surface area contributed by atoms with Crippen molar-refractivity contribution in [3.63, 3.8) is 0 Å². The van der Waals surface area contributed by atoms with E-state index in [1.807, 2.05) is 37.3 Å². The van der Waals surface area contributed by atoms with Crippen molar-refractivity contribution in [2.24, 2.45) is 0 Å². The Hall–Kier alpha value is -2.82. The molecular weight excluding hydrogens is 316 g/mol. The van der Waals surface area contributed by atoms with Crippen LogP contribution in [-0.2, 0) is 11.2 Å². The highest BCUT2D eigenvalue weighted by Gasteiger charge is 2.18. The zero-order valence-corrected chi connectivity index (χ0v) is 14.5. The number of anilines is 1. The van der Waals surface area contributed by atoms with Crippen LogP contribution in [0.4, 0.5) is 5.69 Å². The van der Waals surface area contributed by atoms with Crippen LogP contribution in [0.1, 0.15) is 27.9 Å². The van der Waals surface area contributed by atoms with E-state index in [-0.39, 0.29) is 11.8 Å². The SMILES string of the molecule is Cc1cccc(OCCN(C)C(=O)c2ccc3c(c2)CCC(=O)N3)c1. The minimum atomic E-state index is -0.0486. The molecule has 0 fully saturated rings. The van der Waals surface area contributed by atoms with Gasteiger partial charge in [-0.2, -0.15) is 0 Å². The van der Waals surface area contributed by atoms with Gasteiger partial charge in [0.05, 0.1) is 6.54 Å². The molecule has 0 saturated heterocycles. The molecule has 0 unspecified atom stereocenters. The number of hydrogen-bond acceptors (Lipinski definition) is 3. The summed E-state index contributed by atoms with van der Waals surface area (Å²) in [4.78, 5) is 25.6. The molecule has 1 heterocycles. The Morgan fingerprint density at radius 2 is 2.04 bits per heavy atom. The standard InChI is InChI=1S/C20H22N2O3/c1-14-4-3-5-17(12-14)25-11-10-22(2)20(24)16-6-8-18-15(13-16)7-9-19(23)21-18/h3-6,8,12-13H,7,9-11H2,1-2H3,(H,21,23). The van der Waals surface area contributed by atoms with Crippen LogP contribution < -0.4 is 10.1 Å². The summed E-state index contributed by atoms with van der Waals surface area (Å²) >= 11 is 0. The van der Waals surface area contributed by atoms with E-state index in [1.54, 1.807) is 24.1 Å². The van der Waals surface area contributed by atoms with Crippen molar-refractivity contribution in [2.45, 2.75) is 19.8 Å². The summed E-state index contributed by atoms with van der Waals surface area (Å²) in [6.07, 6.45) is 1.13.